The highest BCUT2D eigenvalue weighted by molar-refractivity contribution is 6.27. The van der Waals surface area contributed by atoms with E-state index < -0.39 is 24.0 Å². The minimum Gasteiger partial charge on any atom is -0.465 e. The van der Waals surface area contributed by atoms with Crippen LogP contribution in [0.2, 0.25) is 0 Å². The lowest BCUT2D eigenvalue weighted by Crippen LogP contribution is -2.45. The average molecular weight is 916 g/mol. The van der Waals surface area contributed by atoms with Crippen molar-refractivity contribution >= 4 is 70.0 Å². The number of rotatable bonds is 13. The van der Waals surface area contributed by atoms with Crippen LogP contribution in [-0.2, 0) is 28.7 Å². The second-order valence-corrected chi connectivity index (χ2v) is 18.0. The largest absolute Gasteiger partial charge is 0.465 e. The Balaban J connectivity index is 0.000000186. The van der Waals surface area contributed by atoms with Gasteiger partial charge in [-0.1, -0.05) is 101 Å². The van der Waals surface area contributed by atoms with E-state index >= 15 is 0 Å². The number of fused-ring (bicyclic) bond motifs is 2. The van der Waals surface area contributed by atoms with Crippen LogP contribution in [0.1, 0.15) is 141 Å². The maximum absolute atomic E-state index is 13.6. The van der Waals surface area contributed by atoms with E-state index in [0.29, 0.717) is 17.5 Å². The number of para-hydroxylation sites is 2. The molecule has 14 nitrogen and oxygen atoms in total. The summed E-state index contributed by atoms with van der Waals surface area (Å²) in [5.41, 5.74) is 5.03. The van der Waals surface area contributed by atoms with Crippen molar-refractivity contribution in [3.8, 4) is 0 Å². The molecule has 4 fully saturated rings. The number of ether oxygens (including phenoxy) is 2. The summed E-state index contributed by atoms with van der Waals surface area (Å²) in [7, 11) is 0. The number of benzene rings is 2. The Morgan fingerprint density at radius 2 is 1.06 bits per heavy atom. The molecule has 2 aromatic rings. The van der Waals surface area contributed by atoms with E-state index in [1.807, 2.05) is 48.5 Å². The SMILES string of the molecule is CCOC(=O)CN1N=C(C2CCCCC2)c2ccccc2N(CC(=O)C2CCCC2)C1=O.CCOC(=O)CN1N=C(C2CCCCC2)c2ccccc2NC1=O.O=C(CCl)C1CCCC1. The summed E-state index contributed by atoms with van der Waals surface area (Å²) in [5.74, 6) is 0.455. The Kier molecular flexibility index (Phi) is 19.0. The molecule has 1 N–H and O–H groups in total. The number of nitrogens with one attached hydrogen (secondary N) is 1. The third kappa shape index (κ3) is 13.5. The van der Waals surface area contributed by atoms with Gasteiger partial charge in [0.25, 0.3) is 0 Å². The molecule has 8 rings (SSSR count). The van der Waals surface area contributed by atoms with Gasteiger partial charge in [-0.05, 0) is 77.3 Å². The molecule has 6 aliphatic rings. The van der Waals surface area contributed by atoms with E-state index in [1.54, 1.807) is 13.8 Å². The molecule has 352 valence electrons. The molecule has 4 amide bonds. The lowest BCUT2D eigenvalue weighted by molar-refractivity contribution is -0.144. The molecule has 0 unspecified atom stereocenters. The number of urea groups is 2. The predicted octanol–water partition coefficient (Wildman–Crippen LogP) is 9.90. The topological polar surface area (TPSA) is 167 Å². The van der Waals surface area contributed by atoms with Crippen LogP contribution in [0.15, 0.2) is 58.7 Å². The zero-order valence-electron chi connectivity index (χ0n) is 38.3. The number of ketones is 2. The maximum atomic E-state index is 13.6. The Labute approximate surface area is 388 Å². The van der Waals surface area contributed by atoms with Gasteiger partial charge < -0.3 is 14.8 Å². The van der Waals surface area contributed by atoms with Gasteiger partial charge >= 0.3 is 24.0 Å². The molecular weight excluding hydrogens is 848 g/mol. The standard InChI is InChI=1S/C25H33N3O4.C18H23N3O3.C7H11ClO/c1-2-32-23(30)17-28-25(31)27(16-22(29)18-10-6-7-11-18)21-15-9-8-14-20(21)24(26-28)19-12-4-3-5-13-19;1-2-24-16(22)12-21-18(23)19-15-11-7-6-10-14(15)17(20-21)13-8-4-3-5-9-13;8-5-7(9)6-3-1-2-4-6/h8-9,14-15,18-19H,2-7,10-13,16-17H2,1H3;6-7,10-11,13H,2-5,8-9,12H2,1H3,(H,19,23);6H,1-5H2. The number of anilines is 2. The third-order valence-electron chi connectivity index (χ3n) is 13.3. The molecule has 0 saturated heterocycles. The zero-order valence-corrected chi connectivity index (χ0v) is 39.0. The summed E-state index contributed by atoms with van der Waals surface area (Å²) in [6, 6.07) is 14.6. The smallest absolute Gasteiger partial charge is 0.345 e. The van der Waals surface area contributed by atoms with E-state index in [9.17, 15) is 28.8 Å². The molecule has 4 saturated carbocycles. The van der Waals surface area contributed by atoms with Crippen LogP contribution in [0.25, 0.3) is 0 Å². The maximum Gasteiger partial charge on any atom is 0.345 e. The highest BCUT2D eigenvalue weighted by Gasteiger charge is 2.37. The monoisotopic (exact) mass is 914 g/mol. The van der Waals surface area contributed by atoms with Crippen LogP contribution >= 0.6 is 11.6 Å². The molecule has 0 atom stereocenters. The third-order valence-corrected chi connectivity index (χ3v) is 13.5. The molecule has 2 heterocycles. The number of esters is 2. The summed E-state index contributed by atoms with van der Waals surface area (Å²) in [6.07, 6.45) is 19.7. The van der Waals surface area contributed by atoms with Gasteiger partial charge in [-0.3, -0.25) is 24.1 Å². The molecule has 0 bridgehead atoms. The zero-order chi connectivity index (χ0) is 46.1. The van der Waals surface area contributed by atoms with E-state index in [2.05, 4.69) is 10.4 Å². The van der Waals surface area contributed by atoms with Gasteiger partial charge in [0.15, 0.2) is 11.6 Å². The van der Waals surface area contributed by atoms with Crippen LogP contribution in [-0.4, -0.2) is 95.7 Å². The molecule has 2 aliphatic heterocycles. The number of carbonyl (C=O) groups is 6. The summed E-state index contributed by atoms with van der Waals surface area (Å²) in [5, 5.41) is 14.6. The Hall–Kier alpha value is -5.11. The minimum absolute atomic E-state index is 0.00725. The van der Waals surface area contributed by atoms with E-state index in [0.717, 1.165) is 105 Å². The molecular formula is C50H67ClN6O8. The molecule has 15 heteroatoms. The Morgan fingerprint density at radius 3 is 1.62 bits per heavy atom. The van der Waals surface area contributed by atoms with Crippen LogP contribution in [0.3, 0.4) is 0 Å². The number of carbonyl (C=O) groups excluding carboxylic acids is 6. The van der Waals surface area contributed by atoms with Gasteiger partial charge in [-0.2, -0.15) is 10.2 Å². The first-order valence-electron chi connectivity index (χ1n) is 24.1. The fraction of sp³-hybridized carbons (Fsp3) is 0.600. The minimum atomic E-state index is -0.499. The molecule has 0 radical (unpaired) electrons. The van der Waals surface area contributed by atoms with Crippen molar-refractivity contribution < 1.29 is 38.2 Å². The molecule has 0 spiro atoms. The summed E-state index contributed by atoms with van der Waals surface area (Å²) >= 11 is 5.38. The number of amides is 4. The molecule has 65 heavy (non-hydrogen) atoms. The van der Waals surface area contributed by atoms with Crippen molar-refractivity contribution in [2.45, 2.75) is 129 Å². The highest BCUT2D eigenvalue weighted by atomic mass is 35.5. The molecule has 0 aromatic heterocycles. The number of nitrogens with zero attached hydrogens (tertiary/aromatic N) is 5. The Bertz CT molecular complexity index is 2030. The number of hydrogen-bond donors (Lipinski definition) is 1. The van der Waals surface area contributed by atoms with Gasteiger partial charge in [-0.25, -0.2) is 19.6 Å². The lowest BCUT2D eigenvalue weighted by Gasteiger charge is -2.26. The van der Waals surface area contributed by atoms with Crippen LogP contribution in [0, 0.1) is 23.7 Å². The number of alkyl halides is 1. The van der Waals surface area contributed by atoms with Crippen molar-refractivity contribution in [1.82, 2.24) is 10.0 Å². The van der Waals surface area contributed by atoms with E-state index in [1.165, 1.54) is 53.4 Å². The second kappa shape index (κ2) is 25.0. The number of hydrazone groups is 2. The first-order chi connectivity index (χ1) is 31.6. The predicted molar refractivity (Wildman–Crippen MR) is 252 cm³/mol. The highest BCUT2D eigenvalue weighted by Crippen LogP contribution is 2.36. The van der Waals surface area contributed by atoms with Crippen LogP contribution in [0.4, 0.5) is 21.0 Å². The fourth-order valence-corrected chi connectivity index (χ4v) is 10.1. The van der Waals surface area contributed by atoms with Gasteiger partial charge in [0.2, 0.25) is 0 Å². The molecule has 2 aromatic carbocycles. The first-order valence-corrected chi connectivity index (χ1v) is 24.6. The average Bonchev–Trinajstić information content (AvgIpc) is 4.05. The number of Topliss-reactive ketones (excluding diaryl/α,β-unsaturated/α-hetero) is 2. The summed E-state index contributed by atoms with van der Waals surface area (Å²) in [4.78, 5) is 75.6. The quantitative estimate of drug-likeness (QED) is 0.153. The Morgan fingerprint density at radius 1 is 0.600 bits per heavy atom. The lowest BCUT2D eigenvalue weighted by atomic mass is 9.83. The van der Waals surface area contributed by atoms with Gasteiger partial charge in [0.1, 0.15) is 13.1 Å². The molecule has 4 aliphatic carbocycles. The van der Waals surface area contributed by atoms with Crippen molar-refractivity contribution in [1.29, 1.82) is 0 Å². The van der Waals surface area contributed by atoms with Crippen LogP contribution < -0.4 is 10.2 Å². The van der Waals surface area contributed by atoms with Crippen molar-refractivity contribution in [3.05, 3.63) is 59.7 Å². The van der Waals surface area contributed by atoms with Crippen molar-refractivity contribution in [2.24, 2.45) is 33.9 Å². The number of hydrogen-bond acceptors (Lipinski definition) is 10. The van der Waals surface area contributed by atoms with Crippen LogP contribution in [0.5, 0.6) is 0 Å². The number of halogens is 1. The van der Waals surface area contributed by atoms with E-state index in [4.69, 9.17) is 26.2 Å². The van der Waals surface area contributed by atoms with E-state index in [-0.39, 0.29) is 62.1 Å². The van der Waals surface area contributed by atoms with Gasteiger partial charge in [0, 0.05) is 34.8 Å². The van der Waals surface area contributed by atoms with Gasteiger partial charge in [-0.15, -0.1) is 11.6 Å². The second-order valence-electron chi connectivity index (χ2n) is 17.8. The van der Waals surface area contributed by atoms with Crippen molar-refractivity contribution in [2.75, 3.05) is 48.9 Å². The summed E-state index contributed by atoms with van der Waals surface area (Å²) in [6.45, 7) is 3.58. The van der Waals surface area contributed by atoms with Gasteiger partial charge in [0.05, 0.1) is 48.4 Å². The normalized spacial score (nSPS) is 19.5. The summed E-state index contributed by atoms with van der Waals surface area (Å²) < 4.78 is 10.1. The fourth-order valence-electron chi connectivity index (χ4n) is 9.88. The van der Waals surface area contributed by atoms with Crippen molar-refractivity contribution in [3.63, 3.8) is 0 Å². The first kappa shape index (κ1) is 49.3.